The lowest BCUT2D eigenvalue weighted by Crippen LogP contribution is -2.48. The highest BCUT2D eigenvalue weighted by atomic mass is 16.3. The van der Waals surface area contributed by atoms with Gasteiger partial charge in [-0.2, -0.15) is 0 Å². The summed E-state index contributed by atoms with van der Waals surface area (Å²) in [4.78, 5) is 24.0. The normalized spacial score (nSPS) is 13.1. The molecule has 0 saturated carbocycles. The van der Waals surface area contributed by atoms with E-state index in [1.165, 1.54) is 0 Å². The molecule has 5 heteroatoms. The summed E-state index contributed by atoms with van der Waals surface area (Å²) in [6, 6.07) is 6.08. The van der Waals surface area contributed by atoms with Crippen molar-refractivity contribution in [3.8, 4) is 0 Å². The summed E-state index contributed by atoms with van der Waals surface area (Å²) in [6.07, 6.45) is 2.10. The highest BCUT2D eigenvalue weighted by Crippen LogP contribution is 2.04. The fraction of sp³-hybridized carbons (Fsp3) is 0.375. The predicted octanol–water partition coefficient (Wildman–Crippen LogP) is 1.17. The quantitative estimate of drug-likeness (QED) is 0.660. The SMILES string of the molecule is C=CC[C@H](CO)NC(=O)[C@H](C)NC(=O)c1cccc(C)c1. The van der Waals surface area contributed by atoms with E-state index in [4.69, 9.17) is 5.11 Å². The van der Waals surface area contributed by atoms with Gasteiger partial charge in [0, 0.05) is 5.56 Å². The number of aliphatic hydroxyl groups excluding tert-OH is 1. The number of carbonyl (C=O) groups excluding carboxylic acids is 2. The van der Waals surface area contributed by atoms with E-state index < -0.39 is 6.04 Å². The van der Waals surface area contributed by atoms with Crippen molar-refractivity contribution in [2.45, 2.75) is 32.4 Å². The highest BCUT2D eigenvalue weighted by molar-refractivity contribution is 5.97. The van der Waals surface area contributed by atoms with Gasteiger partial charge in [0.15, 0.2) is 0 Å². The Kier molecular flexibility index (Phi) is 6.62. The number of amides is 2. The molecule has 0 radical (unpaired) electrons. The van der Waals surface area contributed by atoms with Gasteiger partial charge in [0.05, 0.1) is 12.6 Å². The van der Waals surface area contributed by atoms with E-state index in [1.54, 1.807) is 31.2 Å². The zero-order chi connectivity index (χ0) is 15.8. The molecule has 0 aliphatic carbocycles. The first-order chi connectivity index (χ1) is 9.97. The lowest BCUT2D eigenvalue weighted by molar-refractivity contribution is -0.123. The Morgan fingerprint density at radius 2 is 2.10 bits per heavy atom. The third kappa shape index (κ3) is 5.39. The van der Waals surface area contributed by atoms with Crippen LogP contribution in [0.15, 0.2) is 36.9 Å². The second-order valence-corrected chi connectivity index (χ2v) is 4.98. The molecule has 0 aliphatic heterocycles. The molecule has 2 amide bonds. The predicted molar refractivity (Wildman–Crippen MR) is 81.9 cm³/mol. The van der Waals surface area contributed by atoms with Crippen molar-refractivity contribution in [1.29, 1.82) is 0 Å². The second kappa shape index (κ2) is 8.21. The van der Waals surface area contributed by atoms with Crippen molar-refractivity contribution in [3.05, 3.63) is 48.0 Å². The van der Waals surface area contributed by atoms with Gasteiger partial charge in [0.25, 0.3) is 5.91 Å². The smallest absolute Gasteiger partial charge is 0.251 e. The van der Waals surface area contributed by atoms with Crippen molar-refractivity contribution < 1.29 is 14.7 Å². The Morgan fingerprint density at radius 1 is 1.38 bits per heavy atom. The van der Waals surface area contributed by atoms with Crippen LogP contribution in [-0.4, -0.2) is 35.6 Å². The molecule has 21 heavy (non-hydrogen) atoms. The van der Waals surface area contributed by atoms with Crippen LogP contribution in [0.3, 0.4) is 0 Å². The number of hydrogen-bond acceptors (Lipinski definition) is 3. The number of hydrogen-bond donors (Lipinski definition) is 3. The maximum absolute atomic E-state index is 12.0. The first-order valence-electron chi connectivity index (χ1n) is 6.87. The fourth-order valence-electron chi connectivity index (χ4n) is 1.84. The number of nitrogens with one attached hydrogen (secondary N) is 2. The van der Waals surface area contributed by atoms with Crippen LogP contribution in [0.1, 0.15) is 29.3 Å². The van der Waals surface area contributed by atoms with Crippen molar-refractivity contribution in [2.24, 2.45) is 0 Å². The first-order valence-corrected chi connectivity index (χ1v) is 6.87. The molecule has 0 fully saturated rings. The molecule has 0 heterocycles. The molecule has 0 unspecified atom stereocenters. The Labute approximate surface area is 125 Å². The van der Waals surface area contributed by atoms with Gasteiger partial charge in [0.1, 0.15) is 6.04 Å². The monoisotopic (exact) mass is 290 g/mol. The van der Waals surface area contributed by atoms with Gasteiger partial charge in [0.2, 0.25) is 5.91 Å². The van der Waals surface area contributed by atoms with Gasteiger partial charge in [-0.05, 0) is 32.4 Å². The summed E-state index contributed by atoms with van der Waals surface area (Å²) in [5.74, 6) is -0.637. The molecule has 1 aromatic rings. The molecule has 0 spiro atoms. The average Bonchev–Trinajstić information content (AvgIpc) is 2.46. The maximum atomic E-state index is 12.0. The Hall–Kier alpha value is -2.14. The van der Waals surface area contributed by atoms with Crippen LogP contribution < -0.4 is 10.6 Å². The Morgan fingerprint density at radius 3 is 2.67 bits per heavy atom. The molecule has 2 atom stereocenters. The molecule has 1 aromatic carbocycles. The van der Waals surface area contributed by atoms with Gasteiger partial charge >= 0.3 is 0 Å². The van der Waals surface area contributed by atoms with Gasteiger partial charge < -0.3 is 15.7 Å². The minimum atomic E-state index is -0.683. The number of carbonyl (C=O) groups is 2. The van der Waals surface area contributed by atoms with Crippen LogP contribution in [0.4, 0.5) is 0 Å². The molecule has 1 rings (SSSR count). The molecule has 3 N–H and O–H groups in total. The van der Waals surface area contributed by atoms with Crippen molar-refractivity contribution >= 4 is 11.8 Å². The Bertz CT molecular complexity index is 514. The zero-order valence-electron chi connectivity index (χ0n) is 12.4. The first kappa shape index (κ1) is 16.9. The van der Waals surface area contributed by atoms with E-state index >= 15 is 0 Å². The van der Waals surface area contributed by atoms with Crippen molar-refractivity contribution in [2.75, 3.05) is 6.61 Å². The van der Waals surface area contributed by atoms with Crippen LogP contribution in [0.5, 0.6) is 0 Å². The van der Waals surface area contributed by atoms with Crippen LogP contribution in [-0.2, 0) is 4.79 Å². The van der Waals surface area contributed by atoms with E-state index in [-0.39, 0.29) is 24.5 Å². The lowest BCUT2D eigenvalue weighted by atomic mass is 10.1. The molecule has 0 aromatic heterocycles. The summed E-state index contributed by atoms with van der Waals surface area (Å²) in [7, 11) is 0. The molecule has 0 bridgehead atoms. The number of aliphatic hydroxyl groups is 1. The number of rotatable bonds is 7. The standard InChI is InChI=1S/C16H22N2O3/c1-4-6-14(10-19)18-15(20)12(3)17-16(21)13-8-5-7-11(2)9-13/h4-5,7-9,12,14,19H,1,6,10H2,2-3H3,(H,17,21)(H,18,20)/t12-,14+/m0/s1. The van der Waals surface area contributed by atoms with Crippen LogP contribution in [0.25, 0.3) is 0 Å². The molecule has 5 nitrogen and oxygen atoms in total. The van der Waals surface area contributed by atoms with E-state index in [9.17, 15) is 9.59 Å². The van der Waals surface area contributed by atoms with Gasteiger partial charge in [-0.25, -0.2) is 0 Å². The van der Waals surface area contributed by atoms with Crippen LogP contribution in [0.2, 0.25) is 0 Å². The fourth-order valence-corrected chi connectivity index (χ4v) is 1.84. The van der Waals surface area contributed by atoms with Crippen molar-refractivity contribution in [1.82, 2.24) is 10.6 Å². The van der Waals surface area contributed by atoms with E-state index in [0.717, 1.165) is 5.56 Å². The number of benzene rings is 1. The third-order valence-electron chi connectivity index (χ3n) is 3.04. The molecular weight excluding hydrogens is 268 g/mol. The summed E-state index contributed by atoms with van der Waals surface area (Å²) in [6.45, 7) is 6.89. The highest BCUT2D eigenvalue weighted by Gasteiger charge is 2.19. The third-order valence-corrected chi connectivity index (χ3v) is 3.04. The molecule has 114 valence electrons. The lowest BCUT2D eigenvalue weighted by Gasteiger charge is -2.19. The summed E-state index contributed by atoms with van der Waals surface area (Å²) in [5, 5.41) is 14.4. The summed E-state index contributed by atoms with van der Waals surface area (Å²) in [5.41, 5.74) is 1.49. The van der Waals surface area contributed by atoms with Gasteiger partial charge in [-0.1, -0.05) is 23.8 Å². The van der Waals surface area contributed by atoms with Gasteiger partial charge in [-0.15, -0.1) is 6.58 Å². The van der Waals surface area contributed by atoms with Gasteiger partial charge in [-0.3, -0.25) is 9.59 Å². The molecular formula is C16H22N2O3. The minimum Gasteiger partial charge on any atom is -0.394 e. The van der Waals surface area contributed by atoms with Crippen LogP contribution >= 0.6 is 0 Å². The Balaban J connectivity index is 2.59. The number of aryl methyl sites for hydroxylation is 1. The topological polar surface area (TPSA) is 78.4 Å². The summed E-state index contributed by atoms with van der Waals surface area (Å²) < 4.78 is 0. The second-order valence-electron chi connectivity index (χ2n) is 4.98. The van der Waals surface area contributed by atoms with E-state index in [1.807, 2.05) is 13.0 Å². The maximum Gasteiger partial charge on any atom is 0.251 e. The summed E-state index contributed by atoms with van der Waals surface area (Å²) >= 11 is 0. The van der Waals surface area contributed by atoms with E-state index in [2.05, 4.69) is 17.2 Å². The minimum absolute atomic E-state index is 0.170. The van der Waals surface area contributed by atoms with Crippen LogP contribution in [0, 0.1) is 6.92 Å². The molecule has 0 aliphatic rings. The van der Waals surface area contributed by atoms with E-state index in [0.29, 0.717) is 12.0 Å². The average molecular weight is 290 g/mol. The largest absolute Gasteiger partial charge is 0.394 e. The zero-order valence-corrected chi connectivity index (χ0v) is 12.4. The van der Waals surface area contributed by atoms with Crippen molar-refractivity contribution in [3.63, 3.8) is 0 Å². The molecule has 0 saturated heterocycles.